The van der Waals surface area contributed by atoms with Crippen LogP contribution >= 0.6 is 12.6 Å². The van der Waals surface area contributed by atoms with Gasteiger partial charge in [0.1, 0.15) is 6.29 Å². The molecule has 5 heteroatoms. The summed E-state index contributed by atoms with van der Waals surface area (Å²) in [5, 5.41) is 9.40. The maximum Gasteiger partial charge on any atom is 0.217 e. The highest BCUT2D eigenvalue weighted by Crippen LogP contribution is 1.81. The van der Waals surface area contributed by atoms with Crippen LogP contribution in [-0.2, 0) is 9.59 Å². The average molecular weight is 179 g/mol. The van der Waals surface area contributed by atoms with Gasteiger partial charge < -0.3 is 15.2 Å². The topological polar surface area (TPSA) is 66.4 Å². The van der Waals surface area contributed by atoms with E-state index in [0.717, 1.165) is 7.11 Å². The molecule has 66 valence electrons. The second-order valence-corrected chi connectivity index (χ2v) is 1.99. The molecule has 0 aliphatic carbocycles. The second-order valence-electron chi connectivity index (χ2n) is 1.63. The number of nitrogens with one attached hydrogen (secondary N) is 1. The summed E-state index contributed by atoms with van der Waals surface area (Å²) in [7, 11) is 1.00. The molecular formula is C6H13NO3S. The Bertz CT molecular complexity index is 118. The predicted octanol–water partition coefficient (Wildman–Crippen LogP) is -0.772. The van der Waals surface area contributed by atoms with E-state index in [1.807, 2.05) is 0 Å². The smallest absolute Gasteiger partial charge is 0.217 e. The van der Waals surface area contributed by atoms with Crippen LogP contribution < -0.4 is 5.32 Å². The van der Waals surface area contributed by atoms with Crippen LogP contribution in [0.3, 0.4) is 0 Å². The molecule has 0 aliphatic rings. The Morgan fingerprint density at radius 1 is 1.73 bits per heavy atom. The molecule has 0 aromatic carbocycles. The Morgan fingerprint density at radius 3 is 2.27 bits per heavy atom. The molecule has 0 aromatic rings. The minimum absolute atomic E-state index is 0.207. The van der Waals surface area contributed by atoms with Crippen molar-refractivity contribution in [2.75, 3.05) is 12.9 Å². The molecule has 0 spiro atoms. The van der Waals surface area contributed by atoms with Crippen molar-refractivity contribution in [2.24, 2.45) is 0 Å². The number of thiol groups is 1. The molecule has 1 unspecified atom stereocenters. The SMILES string of the molecule is CC(=O)NC(C=O)CS.CO. The van der Waals surface area contributed by atoms with E-state index in [1.54, 1.807) is 0 Å². The largest absolute Gasteiger partial charge is 0.400 e. The quantitative estimate of drug-likeness (QED) is 0.393. The summed E-state index contributed by atoms with van der Waals surface area (Å²) in [4.78, 5) is 20.3. The van der Waals surface area contributed by atoms with Crippen molar-refractivity contribution in [3.05, 3.63) is 0 Å². The van der Waals surface area contributed by atoms with Crippen molar-refractivity contribution < 1.29 is 14.7 Å². The van der Waals surface area contributed by atoms with Gasteiger partial charge in [-0.1, -0.05) is 0 Å². The first-order valence-electron chi connectivity index (χ1n) is 2.98. The molecule has 1 atom stereocenters. The zero-order chi connectivity index (χ0) is 9.28. The molecule has 2 N–H and O–H groups in total. The number of carbonyl (C=O) groups is 2. The fraction of sp³-hybridized carbons (Fsp3) is 0.667. The van der Waals surface area contributed by atoms with E-state index in [-0.39, 0.29) is 5.91 Å². The lowest BCUT2D eigenvalue weighted by molar-refractivity contribution is -0.121. The molecule has 0 saturated heterocycles. The second kappa shape index (κ2) is 9.45. The number of hydrogen-bond donors (Lipinski definition) is 3. The summed E-state index contributed by atoms with van der Waals surface area (Å²) < 4.78 is 0. The Morgan fingerprint density at radius 2 is 2.18 bits per heavy atom. The number of rotatable bonds is 3. The van der Waals surface area contributed by atoms with Gasteiger partial charge in [-0.3, -0.25) is 4.79 Å². The van der Waals surface area contributed by atoms with Crippen LogP contribution in [0.4, 0.5) is 0 Å². The summed E-state index contributed by atoms with van der Waals surface area (Å²) in [6.07, 6.45) is 0.661. The number of amides is 1. The molecule has 0 radical (unpaired) electrons. The normalized spacial score (nSPS) is 10.5. The highest BCUT2D eigenvalue weighted by molar-refractivity contribution is 7.80. The van der Waals surface area contributed by atoms with Crippen molar-refractivity contribution >= 4 is 24.8 Å². The Labute approximate surface area is 71.4 Å². The molecule has 0 heterocycles. The third-order valence-electron chi connectivity index (χ3n) is 0.750. The van der Waals surface area contributed by atoms with Crippen molar-refractivity contribution in [3.8, 4) is 0 Å². The number of aliphatic hydroxyl groups is 1. The van der Waals surface area contributed by atoms with Crippen LogP contribution in [0.5, 0.6) is 0 Å². The van der Waals surface area contributed by atoms with Crippen LogP contribution in [0.15, 0.2) is 0 Å². The minimum atomic E-state index is -0.439. The number of carbonyl (C=O) groups excluding carboxylic acids is 2. The lowest BCUT2D eigenvalue weighted by Gasteiger charge is -2.05. The van der Waals surface area contributed by atoms with E-state index in [2.05, 4.69) is 17.9 Å². The molecule has 0 rings (SSSR count). The van der Waals surface area contributed by atoms with Crippen LogP contribution in [0, 0.1) is 0 Å². The van der Waals surface area contributed by atoms with E-state index in [4.69, 9.17) is 5.11 Å². The van der Waals surface area contributed by atoms with E-state index in [9.17, 15) is 9.59 Å². The van der Waals surface area contributed by atoms with E-state index in [1.165, 1.54) is 6.92 Å². The first-order chi connectivity index (χ1) is 5.20. The van der Waals surface area contributed by atoms with Crippen LogP contribution in [0.1, 0.15) is 6.92 Å². The molecule has 0 fully saturated rings. The van der Waals surface area contributed by atoms with E-state index < -0.39 is 6.04 Å². The van der Waals surface area contributed by atoms with Gasteiger partial charge in [0.25, 0.3) is 0 Å². The van der Waals surface area contributed by atoms with Gasteiger partial charge in [-0.15, -0.1) is 0 Å². The highest BCUT2D eigenvalue weighted by atomic mass is 32.1. The van der Waals surface area contributed by atoms with E-state index in [0.29, 0.717) is 12.0 Å². The molecule has 11 heavy (non-hydrogen) atoms. The van der Waals surface area contributed by atoms with Crippen molar-refractivity contribution in [1.82, 2.24) is 5.32 Å². The van der Waals surface area contributed by atoms with Gasteiger partial charge in [0.2, 0.25) is 5.91 Å². The number of aldehydes is 1. The van der Waals surface area contributed by atoms with Gasteiger partial charge in [-0.25, -0.2) is 0 Å². The zero-order valence-corrected chi connectivity index (χ0v) is 7.47. The fourth-order valence-corrected chi connectivity index (χ4v) is 0.561. The standard InChI is InChI=1S/C5H9NO2S.CH4O/c1-4(8)6-5(2-7)3-9;1-2/h2,5,9H,3H2,1H3,(H,6,8);2H,1H3. The minimum Gasteiger partial charge on any atom is -0.400 e. The average Bonchev–Trinajstić information content (AvgIpc) is 2.03. The van der Waals surface area contributed by atoms with Crippen LogP contribution in [0.2, 0.25) is 0 Å². The summed E-state index contributed by atoms with van der Waals surface area (Å²) >= 11 is 3.82. The van der Waals surface area contributed by atoms with E-state index >= 15 is 0 Å². The first-order valence-corrected chi connectivity index (χ1v) is 3.62. The summed E-state index contributed by atoms with van der Waals surface area (Å²) in [5.74, 6) is 0.143. The first kappa shape index (κ1) is 13.1. The lowest BCUT2D eigenvalue weighted by Crippen LogP contribution is -2.35. The van der Waals surface area contributed by atoms with Gasteiger partial charge in [0.15, 0.2) is 0 Å². The summed E-state index contributed by atoms with van der Waals surface area (Å²) in [6, 6.07) is -0.439. The Kier molecular flexibility index (Phi) is 11.2. The molecular weight excluding hydrogens is 166 g/mol. The third-order valence-corrected chi connectivity index (χ3v) is 1.14. The molecule has 0 aliphatic heterocycles. The Hall–Kier alpha value is -0.550. The van der Waals surface area contributed by atoms with Crippen molar-refractivity contribution in [2.45, 2.75) is 13.0 Å². The van der Waals surface area contributed by atoms with Gasteiger partial charge >= 0.3 is 0 Å². The molecule has 0 bridgehead atoms. The lowest BCUT2D eigenvalue weighted by atomic mass is 10.4. The molecule has 0 aromatic heterocycles. The number of aliphatic hydroxyl groups excluding tert-OH is 1. The number of hydrogen-bond acceptors (Lipinski definition) is 4. The third kappa shape index (κ3) is 9.45. The summed E-state index contributed by atoms with van der Waals surface area (Å²) in [5.41, 5.74) is 0. The fourth-order valence-electron chi connectivity index (χ4n) is 0.384. The monoisotopic (exact) mass is 179 g/mol. The van der Waals surface area contributed by atoms with Crippen molar-refractivity contribution in [1.29, 1.82) is 0 Å². The summed E-state index contributed by atoms with van der Waals surface area (Å²) in [6.45, 7) is 1.36. The Balaban J connectivity index is 0. The molecule has 1 amide bonds. The molecule has 0 saturated carbocycles. The van der Waals surface area contributed by atoms with Crippen LogP contribution in [-0.4, -0.2) is 36.2 Å². The maximum absolute atomic E-state index is 10.3. The van der Waals surface area contributed by atoms with Crippen LogP contribution in [0.25, 0.3) is 0 Å². The van der Waals surface area contributed by atoms with Gasteiger partial charge in [0, 0.05) is 19.8 Å². The highest BCUT2D eigenvalue weighted by Gasteiger charge is 2.03. The van der Waals surface area contributed by atoms with Crippen molar-refractivity contribution in [3.63, 3.8) is 0 Å². The maximum atomic E-state index is 10.3. The van der Waals surface area contributed by atoms with Gasteiger partial charge in [-0.05, 0) is 0 Å². The zero-order valence-electron chi connectivity index (χ0n) is 6.57. The molecule has 4 nitrogen and oxygen atoms in total. The predicted molar refractivity (Wildman–Crippen MR) is 45.7 cm³/mol. The van der Waals surface area contributed by atoms with Gasteiger partial charge in [0.05, 0.1) is 6.04 Å². The van der Waals surface area contributed by atoms with Gasteiger partial charge in [-0.2, -0.15) is 12.6 Å².